The van der Waals surface area contributed by atoms with Gasteiger partial charge in [-0.15, -0.1) is 0 Å². The van der Waals surface area contributed by atoms with Gasteiger partial charge in [0.05, 0.1) is 44.2 Å². The highest BCUT2D eigenvalue weighted by Crippen LogP contribution is 2.76. The standard InChI is InChI=1S/C52H88O21/c1-23(2)10-9-14-52(8,73-47-41(64)38(61)36(59)29(70-47)22-68-44-42(65)43(27(56)21-66-44)72-45-39(62)34(57)26(55)20-67-45)24-11-16-51(7)33(24)25(54)18-31-49(5)15-13-32(48(3,4)30(49)12-17-50(31,51)6)71-46-40(63)37(60)35(58)28(19-53)69-46/h10,24-47,53-65H,9,11-22H2,1-8H3/t24-,25+,26+,27-,28+,29+,30-,31+,32-,33-,34+,35+,36+,37-,38-,39+,40+,41+,42+,43-,44+,45-,46+,47-,49-,50+,51+,52-/m0/s1. The molecular formula is C52H88O21. The highest BCUT2D eigenvalue weighted by molar-refractivity contribution is 5.20. The third-order valence-corrected chi connectivity index (χ3v) is 20.1. The van der Waals surface area contributed by atoms with E-state index < -0.39 is 141 Å². The molecule has 0 aromatic heterocycles. The van der Waals surface area contributed by atoms with Crippen molar-refractivity contribution in [3.63, 3.8) is 0 Å². The normalized spacial score (nSPS) is 52.8. The van der Waals surface area contributed by atoms with Gasteiger partial charge in [-0.1, -0.05) is 46.3 Å². The zero-order valence-electron chi connectivity index (χ0n) is 43.7. The first-order valence-electron chi connectivity index (χ1n) is 26.7. The average Bonchev–Trinajstić information content (AvgIpc) is 3.72. The van der Waals surface area contributed by atoms with Crippen molar-refractivity contribution in [2.24, 2.45) is 45.3 Å². The van der Waals surface area contributed by atoms with Gasteiger partial charge in [-0.25, -0.2) is 0 Å². The summed E-state index contributed by atoms with van der Waals surface area (Å²) in [6.45, 7) is 15.6. The molecular weight excluding hydrogens is 961 g/mol. The van der Waals surface area contributed by atoms with Gasteiger partial charge in [0.25, 0.3) is 0 Å². The maximum Gasteiger partial charge on any atom is 0.187 e. The van der Waals surface area contributed by atoms with Gasteiger partial charge in [0.1, 0.15) is 85.5 Å². The molecule has 0 aromatic rings. The Morgan fingerprint density at radius 2 is 1.21 bits per heavy atom. The second-order valence-corrected chi connectivity index (χ2v) is 24.8. The first-order valence-corrected chi connectivity index (χ1v) is 26.7. The molecule has 8 aliphatic rings. The summed E-state index contributed by atoms with van der Waals surface area (Å²) >= 11 is 0. The van der Waals surface area contributed by atoms with Crippen LogP contribution in [-0.2, 0) is 37.9 Å². The summed E-state index contributed by atoms with van der Waals surface area (Å²) in [7, 11) is 0. The van der Waals surface area contributed by atoms with Crippen LogP contribution in [0.25, 0.3) is 0 Å². The van der Waals surface area contributed by atoms with Crippen molar-refractivity contribution in [3.8, 4) is 0 Å². The molecule has 4 aliphatic carbocycles. The molecule has 8 fully saturated rings. The number of hydrogen-bond acceptors (Lipinski definition) is 21. The Labute approximate surface area is 428 Å². The average molecular weight is 1050 g/mol. The van der Waals surface area contributed by atoms with Crippen LogP contribution in [0.15, 0.2) is 11.6 Å². The smallest absolute Gasteiger partial charge is 0.187 e. The minimum atomic E-state index is -1.75. The second kappa shape index (κ2) is 21.9. The maximum absolute atomic E-state index is 12.8. The molecule has 4 saturated heterocycles. The van der Waals surface area contributed by atoms with E-state index in [1.54, 1.807) is 0 Å². The van der Waals surface area contributed by atoms with E-state index in [0.29, 0.717) is 32.1 Å². The molecule has 21 nitrogen and oxygen atoms in total. The maximum atomic E-state index is 12.8. The van der Waals surface area contributed by atoms with Crippen molar-refractivity contribution in [3.05, 3.63) is 11.6 Å². The fourth-order valence-corrected chi connectivity index (χ4v) is 15.7. The third-order valence-electron chi connectivity index (χ3n) is 20.1. The number of aliphatic hydroxyl groups excluding tert-OH is 13. The Bertz CT molecular complexity index is 1890. The van der Waals surface area contributed by atoms with Crippen LogP contribution < -0.4 is 0 Å². The van der Waals surface area contributed by atoms with Gasteiger partial charge in [-0.2, -0.15) is 0 Å². The lowest BCUT2D eigenvalue weighted by Gasteiger charge is -2.71. The summed E-state index contributed by atoms with van der Waals surface area (Å²) in [5, 5.41) is 141. The second-order valence-electron chi connectivity index (χ2n) is 24.8. The predicted molar refractivity (Wildman–Crippen MR) is 254 cm³/mol. The number of ether oxygens (including phenoxy) is 8. The number of rotatable bonds is 14. The highest BCUT2D eigenvalue weighted by atomic mass is 16.7. The van der Waals surface area contributed by atoms with E-state index in [1.165, 1.54) is 0 Å². The molecule has 0 amide bonds. The number of fused-ring (bicyclic) bond motifs is 5. The van der Waals surface area contributed by atoms with Gasteiger partial charge in [0.15, 0.2) is 25.2 Å². The molecule has 4 aliphatic heterocycles. The van der Waals surface area contributed by atoms with E-state index in [0.717, 1.165) is 31.3 Å². The zero-order valence-corrected chi connectivity index (χ0v) is 43.7. The van der Waals surface area contributed by atoms with Crippen molar-refractivity contribution in [1.29, 1.82) is 0 Å². The van der Waals surface area contributed by atoms with E-state index in [1.807, 2.05) is 20.8 Å². The lowest BCUT2D eigenvalue weighted by molar-refractivity contribution is -0.353. The predicted octanol–water partition coefficient (Wildman–Crippen LogP) is -0.924. The van der Waals surface area contributed by atoms with Crippen LogP contribution in [0.3, 0.4) is 0 Å². The molecule has 0 aromatic carbocycles. The van der Waals surface area contributed by atoms with Crippen molar-refractivity contribution >= 4 is 0 Å². The van der Waals surface area contributed by atoms with Gasteiger partial charge in [-0.05, 0) is 124 Å². The minimum Gasteiger partial charge on any atom is -0.394 e. The quantitative estimate of drug-likeness (QED) is 0.0739. The Morgan fingerprint density at radius 3 is 1.88 bits per heavy atom. The molecule has 0 spiro atoms. The molecule has 422 valence electrons. The molecule has 0 unspecified atom stereocenters. The molecule has 13 N–H and O–H groups in total. The SMILES string of the molecule is CC(C)=CCC[C@](C)(O[C@@H]1O[C@H](CO[C@H]2OC[C@H](O)[C@H](O[C@@H]3OC[C@@H](O)[C@@H](O)[C@H]3O)[C@H]2O)[C@@H](O)[C@H](O)[C@H]1O)[C@H]1CC[C@]2(C)[C@@H]1[C@H](O)C[C@@H]1[C@@]3(C)CC[C@H](O[C@H]4O[C@H](CO)[C@@H](O)[C@H](O)[C@H]4O)C(C)(C)[C@@H]3CC[C@]12C. The largest absolute Gasteiger partial charge is 0.394 e. The Kier molecular flexibility index (Phi) is 17.4. The van der Waals surface area contributed by atoms with E-state index >= 15 is 0 Å². The van der Waals surface area contributed by atoms with Gasteiger partial charge >= 0.3 is 0 Å². The van der Waals surface area contributed by atoms with E-state index in [4.69, 9.17) is 37.9 Å². The van der Waals surface area contributed by atoms with Crippen LogP contribution in [-0.4, -0.2) is 221 Å². The Balaban J connectivity index is 0.980. The first kappa shape index (κ1) is 58.1. The molecule has 28 atom stereocenters. The van der Waals surface area contributed by atoms with E-state index in [2.05, 4.69) is 40.7 Å². The van der Waals surface area contributed by atoms with Gasteiger partial charge in [0.2, 0.25) is 0 Å². The van der Waals surface area contributed by atoms with E-state index in [-0.39, 0.29) is 59.2 Å². The fourth-order valence-electron chi connectivity index (χ4n) is 15.7. The van der Waals surface area contributed by atoms with Gasteiger partial charge in [-0.3, -0.25) is 0 Å². The summed E-state index contributed by atoms with van der Waals surface area (Å²) in [6.07, 6.45) is -19.7. The van der Waals surface area contributed by atoms with Crippen molar-refractivity contribution in [1.82, 2.24) is 0 Å². The van der Waals surface area contributed by atoms with Crippen molar-refractivity contribution in [2.75, 3.05) is 26.4 Å². The monoisotopic (exact) mass is 1050 g/mol. The minimum absolute atomic E-state index is 0.117. The summed E-state index contributed by atoms with van der Waals surface area (Å²) in [5.74, 6) is -0.201. The number of aliphatic hydroxyl groups is 13. The lowest BCUT2D eigenvalue weighted by Crippen LogP contribution is -2.67. The van der Waals surface area contributed by atoms with Crippen LogP contribution in [0, 0.1) is 45.3 Å². The van der Waals surface area contributed by atoms with E-state index in [9.17, 15) is 66.4 Å². The van der Waals surface area contributed by atoms with Crippen molar-refractivity contribution in [2.45, 2.75) is 242 Å². The third kappa shape index (κ3) is 10.3. The van der Waals surface area contributed by atoms with Crippen LogP contribution in [0.1, 0.15) is 113 Å². The Hall–Kier alpha value is -1.10. The first-order chi connectivity index (χ1) is 34.1. The molecule has 4 saturated carbocycles. The molecule has 0 radical (unpaired) electrons. The topological polar surface area (TPSA) is 337 Å². The summed E-state index contributed by atoms with van der Waals surface area (Å²) < 4.78 is 48.0. The fraction of sp³-hybridized carbons (Fsp3) is 0.962. The van der Waals surface area contributed by atoms with Crippen LogP contribution in [0.5, 0.6) is 0 Å². The van der Waals surface area contributed by atoms with Crippen molar-refractivity contribution < 1.29 is 104 Å². The van der Waals surface area contributed by atoms with Crippen LogP contribution >= 0.6 is 0 Å². The van der Waals surface area contributed by atoms with Crippen LogP contribution in [0.2, 0.25) is 0 Å². The summed E-state index contributed by atoms with van der Waals surface area (Å²) in [4.78, 5) is 0. The molecule has 0 bridgehead atoms. The van der Waals surface area contributed by atoms with Gasteiger partial charge in [0, 0.05) is 0 Å². The number of allylic oxidation sites excluding steroid dienone is 2. The Morgan fingerprint density at radius 1 is 0.603 bits per heavy atom. The summed E-state index contributed by atoms with van der Waals surface area (Å²) in [6, 6.07) is 0. The molecule has 4 heterocycles. The van der Waals surface area contributed by atoms with Gasteiger partial charge < -0.3 is 104 Å². The zero-order chi connectivity index (χ0) is 53.5. The lowest BCUT2D eigenvalue weighted by atomic mass is 9.35. The molecule has 21 heteroatoms. The molecule has 73 heavy (non-hydrogen) atoms. The summed E-state index contributed by atoms with van der Waals surface area (Å²) in [5.41, 5.74) is -1.17. The number of hydrogen-bond donors (Lipinski definition) is 13. The van der Waals surface area contributed by atoms with Crippen LogP contribution in [0.4, 0.5) is 0 Å². The highest BCUT2D eigenvalue weighted by Gasteiger charge is 2.72. The molecule has 8 rings (SSSR count).